The zero-order chi connectivity index (χ0) is 18.0. The van der Waals surface area contributed by atoms with Crippen molar-refractivity contribution >= 4 is 5.91 Å². The van der Waals surface area contributed by atoms with E-state index in [9.17, 15) is 4.79 Å². The van der Waals surface area contributed by atoms with Crippen LogP contribution in [0.5, 0.6) is 5.75 Å². The molecule has 2 aliphatic rings. The summed E-state index contributed by atoms with van der Waals surface area (Å²) < 4.78 is 5.27. The number of nitrogens with one attached hydrogen (secondary N) is 2. The van der Waals surface area contributed by atoms with Gasteiger partial charge in [0.25, 0.3) is 5.91 Å². The van der Waals surface area contributed by atoms with Crippen LogP contribution in [0.1, 0.15) is 41.7 Å². The Balaban J connectivity index is 1.29. The number of carbonyl (C=O) groups is 1. The lowest BCUT2D eigenvalue weighted by atomic mass is 9.93. The SMILES string of the molecule is COc1ccc(C2(CN3CCC(NC(=O)c4ccn[nH]4)CC3)CC2)cc1. The molecule has 0 unspecified atom stereocenters. The lowest BCUT2D eigenvalue weighted by Gasteiger charge is -2.35. The van der Waals surface area contributed by atoms with E-state index in [-0.39, 0.29) is 11.9 Å². The largest absolute Gasteiger partial charge is 0.497 e. The molecule has 1 aliphatic heterocycles. The Labute approximate surface area is 153 Å². The minimum absolute atomic E-state index is 0.0575. The van der Waals surface area contributed by atoms with Crippen molar-refractivity contribution in [2.24, 2.45) is 0 Å². The molecule has 4 rings (SSSR count). The number of piperidine rings is 1. The molecule has 26 heavy (non-hydrogen) atoms. The molecule has 1 aromatic heterocycles. The van der Waals surface area contributed by atoms with Crippen molar-refractivity contribution in [2.45, 2.75) is 37.1 Å². The highest BCUT2D eigenvalue weighted by molar-refractivity contribution is 5.92. The highest BCUT2D eigenvalue weighted by atomic mass is 16.5. The molecule has 1 saturated carbocycles. The number of H-pyrrole nitrogens is 1. The number of amides is 1. The van der Waals surface area contributed by atoms with Gasteiger partial charge < -0.3 is 15.0 Å². The first-order chi connectivity index (χ1) is 12.7. The Hall–Kier alpha value is -2.34. The van der Waals surface area contributed by atoms with Crippen LogP contribution >= 0.6 is 0 Å². The summed E-state index contributed by atoms with van der Waals surface area (Å²) in [6.07, 6.45) is 6.12. The van der Waals surface area contributed by atoms with E-state index in [4.69, 9.17) is 4.74 Å². The third-order valence-corrected chi connectivity index (χ3v) is 5.75. The summed E-state index contributed by atoms with van der Waals surface area (Å²) in [5, 5.41) is 9.67. The van der Waals surface area contributed by atoms with Crippen molar-refractivity contribution < 1.29 is 9.53 Å². The smallest absolute Gasteiger partial charge is 0.269 e. The number of rotatable bonds is 6. The molecule has 6 heteroatoms. The number of hydrogen-bond acceptors (Lipinski definition) is 4. The number of likely N-dealkylation sites (tertiary alicyclic amines) is 1. The molecule has 2 heterocycles. The van der Waals surface area contributed by atoms with Gasteiger partial charge in [0.05, 0.1) is 7.11 Å². The zero-order valence-electron chi connectivity index (χ0n) is 15.2. The minimum atomic E-state index is -0.0575. The van der Waals surface area contributed by atoms with E-state index in [1.165, 1.54) is 18.4 Å². The van der Waals surface area contributed by atoms with E-state index in [1.807, 2.05) is 0 Å². The number of methoxy groups -OCH3 is 1. The maximum Gasteiger partial charge on any atom is 0.269 e. The monoisotopic (exact) mass is 354 g/mol. The van der Waals surface area contributed by atoms with Crippen LogP contribution in [0.3, 0.4) is 0 Å². The number of nitrogens with zero attached hydrogens (tertiary/aromatic N) is 2. The summed E-state index contributed by atoms with van der Waals surface area (Å²) in [4.78, 5) is 14.7. The van der Waals surface area contributed by atoms with Crippen molar-refractivity contribution in [1.82, 2.24) is 20.4 Å². The molecule has 0 radical (unpaired) electrons. The van der Waals surface area contributed by atoms with E-state index < -0.39 is 0 Å². The molecule has 2 aromatic rings. The van der Waals surface area contributed by atoms with E-state index in [0.29, 0.717) is 11.1 Å². The average molecular weight is 354 g/mol. The van der Waals surface area contributed by atoms with Gasteiger partial charge in [0.2, 0.25) is 0 Å². The quantitative estimate of drug-likeness (QED) is 0.835. The molecule has 2 N–H and O–H groups in total. The van der Waals surface area contributed by atoms with Crippen LogP contribution in [0.25, 0.3) is 0 Å². The number of ether oxygens (including phenoxy) is 1. The summed E-state index contributed by atoms with van der Waals surface area (Å²) in [6, 6.07) is 10.5. The van der Waals surface area contributed by atoms with E-state index in [0.717, 1.165) is 38.2 Å². The van der Waals surface area contributed by atoms with E-state index in [1.54, 1.807) is 19.4 Å². The molecule has 1 aromatic carbocycles. The predicted octanol–water partition coefficient (Wildman–Crippen LogP) is 2.34. The molecule has 1 aliphatic carbocycles. The summed E-state index contributed by atoms with van der Waals surface area (Å²) >= 11 is 0. The second-order valence-electron chi connectivity index (χ2n) is 7.50. The first kappa shape index (κ1) is 17.1. The van der Waals surface area contributed by atoms with Gasteiger partial charge in [-0.3, -0.25) is 9.89 Å². The van der Waals surface area contributed by atoms with Crippen molar-refractivity contribution in [2.75, 3.05) is 26.7 Å². The van der Waals surface area contributed by atoms with Gasteiger partial charge in [-0.1, -0.05) is 12.1 Å². The van der Waals surface area contributed by atoms with Crippen molar-refractivity contribution in [3.05, 3.63) is 47.8 Å². The van der Waals surface area contributed by atoms with Crippen LogP contribution in [0.4, 0.5) is 0 Å². The van der Waals surface area contributed by atoms with Gasteiger partial charge in [0, 0.05) is 37.3 Å². The summed E-state index contributed by atoms with van der Waals surface area (Å²) in [5.74, 6) is 0.858. The molecule has 0 bridgehead atoms. The Bertz CT molecular complexity index is 730. The summed E-state index contributed by atoms with van der Waals surface area (Å²) in [7, 11) is 1.71. The van der Waals surface area contributed by atoms with Gasteiger partial charge >= 0.3 is 0 Å². The van der Waals surface area contributed by atoms with Crippen LogP contribution < -0.4 is 10.1 Å². The normalized spacial score (nSPS) is 19.9. The summed E-state index contributed by atoms with van der Waals surface area (Å²) in [5.41, 5.74) is 2.27. The maximum atomic E-state index is 12.1. The fraction of sp³-hybridized carbons (Fsp3) is 0.500. The molecule has 1 saturated heterocycles. The Kier molecular flexibility index (Phi) is 4.68. The number of aromatic amines is 1. The molecular formula is C20H26N4O2. The van der Waals surface area contributed by atoms with Gasteiger partial charge in [-0.15, -0.1) is 0 Å². The van der Waals surface area contributed by atoms with Gasteiger partial charge in [-0.2, -0.15) is 5.10 Å². The molecule has 0 atom stereocenters. The fourth-order valence-electron chi connectivity index (χ4n) is 3.94. The van der Waals surface area contributed by atoms with Crippen LogP contribution in [0.2, 0.25) is 0 Å². The van der Waals surface area contributed by atoms with Gasteiger partial charge in [-0.05, 0) is 49.4 Å². The number of aromatic nitrogens is 2. The van der Waals surface area contributed by atoms with Crippen LogP contribution in [0.15, 0.2) is 36.5 Å². The lowest BCUT2D eigenvalue weighted by molar-refractivity contribution is 0.0903. The maximum absolute atomic E-state index is 12.1. The molecule has 6 nitrogen and oxygen atoms in total. The highest BCUT2D eigenvalue weighted by Crippen LogP contribution is 2.49. The van der Waals surface area contributed by atoms with Crippen molar-refractivity contribution in [1.29, 1.82) is 0 Å². The van der Waals surface area contributed by atoms with Crippen LogP contribution in [-0.4, -0.2) is 53.8 Å². The highest BCUT2D eigenvalue weighted by Gasteiger charge is 2.45. The fourth-order valence-corrected chi connectivity index (χ4v) is 3.94. The first-order valence-electron chi connectivity index (χ1n) is 9.36. The van der Waals surface area contributed by atoms with Crippen LogP contribution in [-0.2, 0) is 5.41 Å². The Morgan fingerprint density at radius 2 is 2.00 bits per heavy atom. The Morgan fingerprint density at radius 3 is 2.58 bits per heavy atom. The third-order valence-electron chi connectivity index (χ3n) is 5.75. The number of hydrogen-bond donors (Lipinski definition) is 2. The topological polar surface area (TPSA) is 70.2 Å². The number of carbonyl (C=O) groups excluding carboxylic acids is 1. The molecule has 1 amide bonds. The lowest BCUT2D eigenvalue weighted by Crippen LogP contribution is -2.46. The van der Waals surface area contributed by atoms with Crippen molar-refractivity contribution in [3.8, 4) is 5.75 Å². The third kappa shape index (κ3) is 3.60. The van der Waals surface area contributed by atoms with Crippen molar-refractivity contribution in [3.63, 3.8) is 0 Å². The minimum Gasteiger partial charge on any atom is -0.497 e. The molecule has 2 fully saturated rings. The molecule has 0 spiro atoms. The average Bonchev–Trinajstić information content (AvgIpc) is 3.24. The van der Waals surface area contributed by atoms with E-state index in [2.05, 4.69) is 44.7 Å². The second kappa shape index (κ2) is 7.11. The van der Waals surface area contributed by atoms with Gasteiger partial charge in [-0.25, -0.2) is 0 Å². The molecular weight excluding hydrogens is 328 g/mol. The molecule has 138 valence electrons. The van der Waals surface area contributed by atoms with E-state index >= 15 is 0 Å². The zero-order valence-corrected chi connectivity index (χ0v) is 15.2. The van der Waals surface area contributed by atoms with Gasteiger partial charge in [0.15, 0.2) is 0 Å². The number of benzene rings is 1. The second-order valence-corrected chi connectivity index (χ2v) is 7.50. The Morgan fingerprint density at radius 1 is 1.27 bits per heavy atom. The predicted molar refractivity (Wildman–Crippen MR) is 99.4 cm³/mol. The standard InChI is InChI=1S/C20H26N4O2/c1-26-17-4-2-15(3-5-17)20(9-10-20)14-24-12-7-16(8-13-24)22-19(25)18-6-11-21-23-18/h2-6,11,16H,7-10,12-14H2,1H3,(H,21,23)(H,22,25). The van der Waals surface area contributed by atoms with Crippen LogP contribution in [0, 0.1) is 0 Å². The summed E-state index contributed by atoms with van der Waals surface area (Å²) in [6.45, 7) is 3.18. The first-order valence-corrected chi connectivity index (χ1v) is 9.36. The van der Waals surface area contributed by atoms with Gasteiger partial charge in [0.1, 0.15) is 11.4 Å².